The highest BCUT2D eigenvalue weighted by molar-refractivity contribution is 5.98. The van der Waals surface area contributed by atoms with E-state index in [-0.39, 0.29) is 0 Å². The van der Waals surface area contributed by atoms with Gasteiger partial charge in [0.2, 0.25) is 0 Å². The van der Waals surface area contributed by atoms with Crippen LogP contribution in [0.25, 0.3) is 44.8 Å². The molecule has 0 bridgehead atoms. The van der Waals surface area contributed by atoms with Crippen molar-refractivity contribution in [3.8, 4) is 56.3 Å². The Bertz CT molecular complexity index is 2380. The number of para-hydroxylation sites is 2. The summed E-state index contributed by atoms with van der Waals surface area (Å²) in [5.41, 5.74) is 14.1. The van der Waals surface area contributed by atoms with E-state index in [1.807, 2.05) is 32.2 Å². The van der Waals surface area contributed by atoms with Crippen LogP contribution in [0.5, 0.6) is 11.5 Å². The van der Waals surface area contributed by atoms with Crippen LogP contribution in [-0.4, -0.2) is 19.9 Å². The molecule has 0 saturated carbocycles. The first kappa shape index (κ1) is 28.3. The molecule has 3 heterocycles. The Hall–Kier alpha value is -5.94. The fourth-order valence-corrected chi connectivity index (χ4v) is 7.92. The van der Waals surface area contributed by atoms with E-state index in [4.69, 9.17) is 19.7 Å². The zero-order chi connectivity index (χ0) is 32.6. The smallest absolute Gasteiger partial charge is 0.163 e. The molecular weight excluding hydrogens is 589 g/mol. The van der Waals surface area contributed by atoms with Crippen LogP contribution in [0.4, 0.5) is 0 Å². The summed E-state index contributed by atoms with van der Waals surface area (Å²) in [6.07, 6.45) is 1.93. The molecule has 0 radical (unpaired) electrons. The van der Waals surface area contributed by atoms with Crippen LogP contribution in [0.2, 0.25) is 0 Å². The number of ether oxygens (including phenoxy) is 1. The summed E-state index contributed by atoms with van der Waals surface area (Å²) in [6, 6.07) is 41.3. The lowest BCUT2D eigenvalue weighted by Crippen LogP contribution is -2.32. The maximum absolute atomic E-state index is 6.58. The first-order valence-corrected chi connectivity index (χ1v) is 16.3. The predicted molar refractivity (Wildman–Crippen MR) is 190 cm³/mol. The Morgan fingerprint density at radius 1 is 0.500 bits per heavy atom. The molecule has 0 N–H and O–H groups in total. The van der Waals surface area contributed by atoms with Crippen LogP contribution in [-0.2, 0) is 5.41 Å². The topological polar surface area (TPSA) is 60.8 Å². The molecule has 2 aliphatic rings. The van der Waals surface area contributed by atoms with Crippen molar-refractivity contribution in [2.45, 2.75) is 33.1 Å². The highest BCUT2D eigenvalue weighted by Crippen LogP contribution is 2.63. The minimum Gasteiger partial charge on any atom is -0.457 e. The average molecular weight is 621 g/mol. The van der Waals surface area contributed by atoms with Crippen molar-refractivity contribution in [2.24, 2.45) is 0 Å². The van der Waals surface area contributed by atoms with E-state index in [0.29, 0.717) is 17.5 Å². The Kier molecular flexibility index (Phi) is 6.21. The second-order valence-corrected chi connectivity index (χ2v) is 12.8. The second kappa shape index (κ2) is 10.5. The Morgan fingerprint density at radius 2 is 1.12 bits per heavy atom. The molecule has 0 saturated heterocycles. The molecule has 0 unspecified atom stereocenters. The summed E-state index contributed by atoms with van der Waals surface area (Å²) in [7, 11) is 0. The zero-order valence-corrected chi connectivity index (χ0v) is 27.2. The molecule has 1 aliphatic carbocycles. The van der Waals surface area contributed by atoms with E-state index in [1.54, 1.807) is 0 Å². The van der Waals surface area contributed by atoms with Crippen LogP contribution in [0.15, 0.2) is 121 Å². The highest BCUT2D eigenvalue weighted by Gasteiger charge is 2.51. The summed E-state index contributed by atoms with van der Waals surface area (Å²) in [5, 5.41) is 0. The number of fused-ring (bicyclic) bond motifs is 9. The second-order valence-electron chi connectivity index (χ2n) is 12.8. The lowest BCUT2D eigenvalue weighted by atomic mass is 9.66. The van der Waals surface area contributed by atoms with Gasteiger partial charge in [0.05, 0.1) is 5.41 Å². The number of aromatic nitrogens is 4. The van der Waals surface area contributed by atoms with Crippen LogP contribution in [0.3, 0.4) is 0 Å². The number of hydrogen-bond acceptors (Lipinski definition) is 5. The van der Waals surface area contributed by atoms with Gasteiger partial charge in [-0.25, -0.2) is 15.0 Å². The van der Waals surface area contributed by atoms with Gasteiger partial charge in [-0.2, -0.15) is 0 Å². The summed E-state index contributed by atoms with van der Waals surface area (Å²) >= 11 is 0. The van der Waals surface area contributed by atoms with Crippen molar-refractivity contribution >= 4 is 0 Å². The minimum atomic E-state index is -0.599. The van der Waals surface area contributed by atoms with Crippen molar-refractivity contribution < 1.29 is 4.74 Å². The average Bonchev–Trinajstić information content (AvgIpc) is 3.39. The first-order valence-electron chi connectivity index (χ1n) is 16.3. The van der Waals surface area contributed by atoms with Crippen LogP contribution in [0.1, 0.15) is 45.2 Å². The molecule has 1 spiro atoms. The number of aryl methyl sites for hydroxylation is 4. The summed E-state index contributed by atoms with van der Waals surface area (Å²) in [4.78, 5) is 19.0. The standard InChI is InChI=1S/C43H32N4O/c1-25-22-33(26(2)44-24-25)31-13-6-5-12-30(31)29-20-21-35-34(23-29)41-32(42-46-27(3)45-28(4)47-42)14-11-17-38(41)43(35)36-15-7-9-18-39(36)48-40-19-10-8-16-37(40)43/h5-24H,1-4H3. The van der Waals surface area contributed by atoms with Gasteiger partial charge < -0.3 is 4.74 Å². The number of hydrogen-bond donors (Lipinski definition) is 0. The highest BCUT2D eigenvalue weighted by atomic mass is 16.5. The third-order valence-electron chi connectivity index (χ3n) is 9.82. The monoisotopic (exact) mass is 620 g/mol. The molecular formula is C43H32N4O. The fraction of sp³-hybridized carbons (Fsp3) is 0.116. The normalized spacial score (nSPS) is 13.3. The number of nitrogens with zero attached hydrogens (tertiary/aromatic N) is 4. The van der Waals surface area contributed by atoms with E-state index in [9.17, 15) is 0 Å². The third kappa shape index (κ3) is 4.04. The molecule has 48 heavy (non-hydrogen) atoms. The maximum atomic E-state index is 6.58. The minimum absolute atomic E-state index is 0.599. The number of benzene rings is 5. The van der Waals surface area contributed by atoms with Gasteiger partial charge in [-0.1, -0.05) is 91.0 Å². The predicted octanol–water partition coefficient (Wildman–Crippen LogP) is 9.97. The molecule has 7 aromatic rings. The molecule has 1 aliphatic heterocycles. The molecule has 9 rings (SSSR count). The van der Waals surface area contributed by atoms with Gasteiger partial charge in [-0.15, -0.1) is 0 Å². The van der Waals surface area contributed by atoms with Crippen molar-refractivity contribution in [3.63, 3.8) is 0 Å². The summed E-state index contributed by atoms with van der Waals surface area (Å²) in [6.45, 7) is 8.04. The molecule has 0 amide bonds. The van der Waals surface area contributed by atoms with Crippen molar-refractivity contribution in [3.05, 3.63) is 167 Å². The third-order valence-corrected chi connectivity index (χ3v) is 9.82. The molecule has 5 aromatic carbocycles. The molecule has 5 heteroatoms. The van der Waals surface area contributed by atoms with E-state index < -0.39 is 5.41 Å². The Balaban J connectivity index is 1.39. The van der Waals surface area contributed by atoms with Crippen LogP contribution >= 0.6 is 0 Å². The van der Waals surface area contributed by atoms with Gasteiger partial charge in [0, 0.05) is 34.1 Å². The quantitative estimate of drug-likeness (QED) is 0.197. The van der Waals surface area contributed by atoms with Gasteiger partial charge >= 0.3 is 0 Å². The van der Waals surface area contributed by atoms with Gasteiger partial charge in [0.1, 0.15) is 23.1 Å². The molecule has 2 aromatic heterocycles. The lowest BCUT2D eigenvalue weighted by molar-refractivity contribution is 0.436. The Morgan fingerprint density at radius 3 is 1.85 bits per heavy atom. The van der Waals surface area contributed by atoms with E-state index >= 15 is 0 Å². The molecule has 5 nitrogen and oxygen atoms in total. The largest absolute Gasteiger partial charge is 0.457 e. The Labute approximate surface area is 280 Å². The summed E-state index contributed by atoms with van der Waals surface area (Å²) < 4.78 is 6.58. The van der Waals surface area contributed by atoms with Crippen molar-refractivity contribution in [1.82, 2.24) is 19.9 Å². The van der Waals surface area contributed by atoms with Gasteiger partial charge in [0.25, 0.3) is 0 Å². The maximum Gasteiger partial charge on any atom is 0.163 e. The number of pyridine rings is 1. The summed E-state index contributed by atoms with van der Waals surface area (Å²) in [5.74, 6) is 3.82. The van der Waals surface area contributed by atoms with Gasteiger partial charge in [-0.3, -0.25) is 4.98 Å². The van der Waals surface area contributed by atoms with Crippen molar-refractivity contribution in [2.75, 3.05) is 0 Å². The van der Waals surface area contributed by atoms with E-state index in [1.165, 1.54) is 11.1 Å². The zero-order valence-electron chi connectivity index (χ0n) is 27.2. The van der Waals surface area contributed by atoms with E-state index in [2.05, 4.69) is 122 Å². The molecule has 0 atom stereocenters. The van der Waals surface area contributed by atoms with Gasteiger partial charge in [-0.05, 0) is 96.5 Å². The SMILES string of the molecule is Cc1cnc(C)c(-c2ccccc2-c2ccc3c(c2)-c2c(-c4nc(C)nc(C)n4)cccc2C32c3ccccc3Oc3ccccc32)c1. The van der Waals surface area contributed by atoms with Gasteiger partial charge in [0.15, 0.2) is 5.82 Å². The van der Waals surface area contributed by atoms with E-state index in [0.717, 1.165) is 72.8 Å². The fourth-order valence-electron chi connectivity index (χ4n) is 7.92. The van der Waals surface area contributed by atoms with Crippen molar-refractivity contribution in [1.29, 1.82) is 0 Å². The number of rotatable bonds is 3. The van der Waals surface area contributed by atoms with Crippen LogP contribution in [0, 0.1) is 27.7 Å². The molecule has 0 fully saturated rings. The first-order chi connectivity index (χ1) is 23.4. The molecule has 230 valence electrons. The van der Waals surface area contributed by atoms with Crippen LogP contribution < -0.4 is 4.74 Å². The lowest BCUT2D eigenvalue weighted by Gasteiger charge is -2.39.